The van der Waals surface area contributed by atoms with Gasteiger partial charge < -0.3 is 23.7 Å². The zero-order valence-corrected chi connectivity index (χ0v) is 28.2. The molecular weight excluding hydrogens is 544 g/mol. The number of aliphatic hydroxyl groups is 1. The van der Waals surface area contributed by atoms with Crippen molar-refractivity contribution >= 4 is 24.7 Å². The zero-order chi connectivity index (χ0) is 31.3. The fourth-order valence-electron chi connectivity index (χ4n) is 5.49. The standard InChI is InChI=1S/C35H52O6Si/c1-25(21-22-29(36)31-30(39-35(9,10)40-31)23-24-38-32(37)33(3,4)5)26(2)41-42(34(6,7)8,27-17-13-11-14-18-27)28-19-15-12-16-20-28/h11-22,25-26,29-31,36H,23-24H2,1-10H3/b22-21-/t25-,26+,29?,30+,31-/m1/s1. The third-order valence-corrected chi connectivity index (χ3v) is 13.1. The molecule has 3 rings (SSSR count). The number of ether oxygens (including phenoxy) is 3. The second-order valence-electron chi connectivity index (χ2n) is 14.0. The van der Waals surface area contributed by atoms with E-state index in [0.717, 1.165) is 0 Å². The highest BCUT2D eigenvalue weighted by Crippen LogP contribution is 2.38. The van der Waals surface area contributed by atoms with Crippen LogP contribution in [0.3, 0.4) is 0 Å². The van der Waals surface area contributed by atoms with E-state index in [1.54, 1.807) is 6.08 Å². The van der Waals surface area contributed by atoms with Crippen LogP contribution in [0.15, 0.2) is 72.8 Å². The van der Waals surface area contributed by atoms with Crippen molar-refractivity contribution in [3.63, 3.8) is 0 Å². The van der Waals surface area contributed by atoms with Crippen molar-refractivity contribution in [2.45, 2.75) is 111 Å². The van der Waals surface area contributed by atoms with E-state index in [1.807, 2.05) is 52.8 Å². The van der Waals surface area contributed by atoms with E-state index in [0.29, 0.717) is 6.42 Å². The van der Waals surface area contributed by atoms with E-state index in [1.165, 1.54) is 10.4 Å². The summed E-state index contributed by atoms with van der Waals surface area (Å²) in [6.45, 7) is 20.4. The number of benzene rings is 2. The van der Waals surface area contributed by atoms with Crippen LogP contribution in [0, 0.1) is 11.3 Å². The molecule has 0 amide bonds. The normalized spacial score (nSPS) is 21.7. The summed E-state index contributed by atoms with van der Waals surface area (Å²) in [6, 6.07) is 21.2. The van der Waals surface area contributed by atoms with E-state index in [2.05, 4.69) is 83.1 Å². The summed E-state index contributed by atoms with van der Waals surface area (Å²) >= 11 is 0. The van der Waals surface area contributed by atoms with Gasteiger partial charge in [-0.15, -0.1) is 0 Å². The summed E-state index contributed by atoms with van der Waals surface area (Å²) < 4.78 is 24.9. The van der Waals surface area contributed by atoms with E-state index >= 15 is 0 Å². The number of aliphatic hydroxyl groups excluding tert-OH is 1. The third-order valence-electron chi connectivity index (χ3n) is 7.94. The van der Waals surface area contributed by atoms with Gasteiger partial charge >= 0.3 is 5.97 Å². The predicted molar refractivity (Wildman–Crippen MR) is 171 cm³/mol. The lowest BCUT2D eigenvalue weighted by Gasteiger charge is -2.45. The lowest BCUT2D eigenvalue weighted by molar-refractivity contribution is -0.157. The minimum Gasteiger partial charge on any atom is -0.465 e. The van der Waals surface area contributed by atoms with Gasteiger partial charge in [0.05, 0.1) is 18.1 Å². The van der Waals surface area contributed by atoms with Crippen LogP contribution in [0.1, 0.15) is 75.7 Å². The Balaban J connectivity index is 1.77. The zero-order valence-electron chi connectivity index (χ0n) is 27.2. The summed E-state index contributed by atoms with van der Waals surface area (Å²) in [6.07, 6.45) is 2.24. The highest BCUT2D eigenvalue weighted by atomic mass is 28.4. The molecule has 1 saturated heterocycles. The maximum atomic E-state index is 12.2. The summed E-state index contributed by atoms with van der Waals surface area (Å²) in [5.74, 6) is -1.09. The predicted octanol–water partition coefficient (Wildman–Crippen LogP) is 6.00. The highest BCUT2D eigenvalue weighted by Gasteiger charge is 2.51. The Bertz CT molecular complexity index is 1130. The molecule has 2 aromatic carbocycles. The van der Waals surface area contributed by atoms with E-state index < -0.39 is 37.8 Å². The minimum absolute atomic E-state index is 0.0165. The van der Waals surface area contributed by atoms with Gasteiger partial charge in [0, 0.05) is 12.5 Å². The first kappa shape index (κ1) is 34.2. The van der Waals surface area contributed by atoms with Gasteiger partial charge in [0.25, 0.3) is 8.32 Å². The molecule has 7 heteroatoms. The summed E-state index contributed by atoms with van der Waals surface area (Å²) in [4.78, 5) is 12.2. The molecule has 0 aromatic heterocycles. The Hall–Kier alpha value is -2.29. The number of carbonyl (C=O) groups excluding carboxylic acids is 1. The van der Waals surface area contributed by atoms with Crippen molar-refractivity contribution in [3.8, 4) is 0 Å². The smallest absolute Gasteiger partial charge is 0.311 e. The van der Waals surface area contributed by atoms with Crippen LogP contribution in [0.4, 0.5) is 0 Å². The molecule has 1 fully saturated rings. The largest absolute Gasteiger partial charge is 0.465 e. The van der Waals surface area contributed by atoms with Crippen LogP contribution in [0.2, 0.25) is 5.04 Å². The molecule has 1 heterocycles. The number of carbonyl (C=O) groups is 1. The molecule has 2 aromatic rings. The van der Waals surface area contributed by atoms with Crippen molar-refractivity contribution in [2.75, 3.05) is 6.61 Å². The third kappa shape index (κ3) is 8.20. The Kier molecular flexibility index (Phi) is 11.0. The summed E-state index contributed by atoms with van der Waals surface area (Å²) in [5.41, 5.74) is -0.572. The molecule has 0 aliphatic carbocycles. The number of esters is 1. The second-order valence-corrected chi connectivity index (χ2v) is 18.3. The van der Waals surface area contributed by atoms with Gasteiger partial charge in [0.15, 0.2) is 5.79 Å². The first-order chi connectivity index (χ1) is 19.5. The molecule has 1 aliphatic rings. The highest BCUT2D eigenvalue weighted by molar-refractivity contribution is 6.99. The van der Waals surface area contributed by atoms with Crippen molar-refractivity contribution in [3.05, 3.63) is 72.8 Å². The Morgan fingerprint density at radius 1 is 0.929 bits per heavy atom. The average molecular weight is 597 g/mol. The summed E-state index contributed by atoms with van der Waals surface area (Å²) in [7, 11) is -2.71. The Labute approximate surface area is 254 Å². The van der Waals surface area contributed by atoms with Gasteiger partial charge in [-0.3, -0.25) is 4.79 Å². The molecule has 1 aliphatic heterocycles. The maximum Gasteiger partial charge on any atom is 0.311 e. The lowest BCUT2D eigenvalue weighted by atomic mass is 9.97. The van der Waals surface area contributed by atoms with E-state index in [9.17, 15) is 9.90 Å². The van der Waals surface area contributed by atoms with Gasteiger partial charge in [-0.1, -0.05) is 101 Å². The molecule has 232 valence electrons. The van der Waals surface area contributed by atoms with Crippen LogP contribution >= 0.6 is 0 Å². The van der Waals surface area contributed by atoms with Crippen molar-refractivity contribution in [1.82, 2.24) is 0 Å². The average Bonchev–Trinajstić information content (AvgIpc) is 3.23. The van der Waals surface area contributed by atoms with E-state index in [4.69, 9.17) is 18.6 Å². The second kappa shape index (κ2) is 13.6. The molecule has 0 spiro atoms. The number of hydrogen-bond acceptors (Lipinski definition) is 6. The van der Waals surface area contributed by atoms with Gasteiger partial charge in [-0.05, 0) is 62.9 Å². The van der Waals surface area contributed by atoms with Crippen LogP contribution < -0.4 is 10.4 Å². The lowest BCUT2D eigenvalue weighted by Crippen LogP contribution is -2.67. The Morgan fingerprint density at radius 3 is 1.93 bits per heavy atom. The molecule has 42 heavy (non-hydrogen) atoms. The number of rotatable bonds is 11. The fraction of sp³-hybridized carbons (Fsp3) is 0.571. The molecule has 0 radical (unpaired) electrons. The van der Waals surface area contributed by atoms with Crippen LogP contribution in [0.25, 0.3) is 0 Å². The van der Waals surface area contributed by atoms with Gasteiger partial charge in [-0.25, -0.2) is 0 Å². The maximum absolute atomic E-state index is 12.2. The van der Waals surface area contributed by atoms with Crippen molar-refractivity contribution in [1.29, 1.82) is 0 Å². The number of hydrogen-bond donors (Lipinski definition) is 1. The van der Waals surface area contributed by atoms with Gasteiger partial charge in [-0.2, -0.15) is 0 Å². The SMILES string of the molecule is C[C@H](/C=C\C(O)[C@H]1OC(C)(C)O[C@H]1CCOC(=O)C(C)(C)C)[C@H](C)O[Si](c1ccccc1)(c1ccccc1)C(C)(C)C. The molecule has 0 saturated carbocycles. The molecule has 5 atom stereocenters. The minimum atomic E-state index is -2.71. The van der Waals surface area contributed by atoms with Gasteiger partial charge in [0.1, 0.15) is 12.2 Å². The van der Waals surface area contributed by atoms with Crippen LogP contribution in [-0.2, 0) is 23.4 Å². The van der Waals surface area contributed by atoms with Crippen molar-refractivity contribution in [2.24, 2.45) is 11.3 Å². The molecule has 6 nitrogen and oxygen atoms in total. The molecule has 0 bridgehead atoms. The van der Waals surface area contributed by atoms with Crippen LogP contribution in [0.5, 0.6) is 0 Å². The monoisotopic (exact) mass is 596 g/mol. The summed E-state index contributed by atoms with van der Waals surface area (Å²) in [5, 5.41) is 13.6. The fourth-order valence-corrected chi connectivity index (χ4v) is 10.3. The Morgan fingerprint density at radius 2 is 1.45 bits per heavy atom. The van der Waals surface area contributed by atoms with E-state index in [-0.39, 0.29) is 29.6 Å². The molecular formula is C35H52O6Si. The first-order valence-electron chi connectivity index (χ1n) is 15.2. The van der Waals surface area contributed by atoms with Crippen LogP contribution in [-0.4, -0.2) is 56.2 Å². The molecule has 1 unspecified atom stereocenters. The first-order valence-corrected chi connectivity index (χ1v) is 17.1. The van der Waals surface area contributed by atoms with Gasteiger partial charge in [0.2, 0.25) is 0 Å². The van der Waals surface area contributed by atoms with Crippen molar-refractivity contribution < 1.29 is 28.5 Å². The quantitative estimate of drug-likeness (QED) is 0.195. The topological polar surface area (TPSA) is 74.2 Å². The molecule has 1 N–H and O–H groups in total.